The average Bonchev–Trinajstić information content (AvgIpc) is 2.56. The highest BCUT2D eigenvalue weighted by Gasteiger charge is 2.19. The Hall–Kier alpha value is -1.78. The molecule has 3 rings (SSSR count). The summed E-state index contributed by atoms with van der Waals surface area (Å²) in [6, 6.07) is 11.7. The van der Waals surface area contributed by atoms with Crippen LogP contribution in [-0.2, 0) is 6.61 Å². The molecule has 0 atom stereocenters. The first-order valence-electron chi connectivity index (χ1n) is 7.08. The summed E-state index contributed by atoms with van der Waals surface area (Å²) < 4.78 is 0. The molecule has 0 unspecified atom stereocenters. The third-order valence-corrected chi connectivity index (χ3v) is 4.04. The van der Waals surface area contributed by atoms with Crippen LogP contribution in [0.25, 0.3) is 0 Å². The van der Waals surface area contributed by atoms with Crippen molar-refractivity contribution in [1.29, 1.82) is 0 Å². The van der Waals surface area contributed by atoms with Gasteiger partial charge in [-0.15, -0.1) is 0 Å². The van der Waals surface area contributed by atoms with Crippen molar-refractivity contribution in [1.82, 2.24) is 4.98 Å². The molecule has 2 heterocycles. The van der Waals surface area contributed by atoms with Crippen LogP contribution in [0.1, 0.15) is 5.56 Å². The zero-order valence-electron chi connectivity index (χ0n) is 11.7. The molecule has 1 aromatic heterocycles. The highest BCUT2D eigenvalue weighted by Crippen LogP contribution is 2.26. The van der Waals surface area contributed by atoms with Crippen LogP contribution < -0.4 is 9.80 Å². The van der Waals surface area contributed by atoms with Crippen molar-refractivity contribution in [2.24, 2.45) is 0 Å². The number of nitrogens with zero attached hydrogens (tertiary/aromatic N) is 3. The van der Waals surface area contributed by atoms with Gasteiger partial charge in [-0.2, -0.15) is 0 Å². The maximum absolute atomic E-state index is 9.50. The van der Waals surface area contributed by atoms with E-state index in [1.807, 2.05) is 42.6 Å². The fourth-order valence-corrected chi connectivity index (χ4v) is 2.90. The number of anilines is 2. The van der Waals surface area contributed by atoms with Crippen molar-refractivity contribution in [3.05, 3.63) is 53.2 Å². The highest BCUT2D eigenvalue weighted by atomic mass is 35.5. The summed E-state index contributed by atoms with van der Waals surface area (Å²) in [6.07, 6.45) is 1.82. The second-order valence-electron chi connectivity index (χ2n) is 5.09. The van der Waals surface area contributed by atoms with Gasteiger partial charge >= 0.3 is 0 Å². The number of piperazine rings is 1. The molecule has 0 amide bonds. The third-order valence-electron chi connectivity index (χ3n) is 3.81. The zero-order valence-corrected chi connectivity index (χ0v) is 12.5. The van der Waals surface area contributed by atoms with Crippen LogP contribution in [-0.4, -0.2) is 36.3 Å². The molecule has 5 heteroatoms. The zero-order chi connectivity index (χ0) is 14.7. The number of rotatable bonds is 3. The van der Waals surface area contributed by atoms with E-state index in [1.165, 1.54) is 0 Å². The van der Waals surface area contributed by atoms with Crippen LogP contribution in [0.4, 0.5) is 11.5 Å². The SMILES string of the molecule is OCc1cc(Cl)ccc1N1CCN(c2ccccn2)CC1. The van der Waals surface area contributed by atoms with Gasteiger partial charge in [-0.05, 0) is 30.3 Å². The molecule has 4 nitrogen and oxygen atoms in total. The van der Waals surface area contributed by atoms with Crippen LogP contribution in [0.2, 0.25) is 5.02 Å². The van der Waals surface area contributed by atoms with Crippen LogP contribution >= 0.6 is 11.6 Å². The topological polar surface area (TPSA) is 39.6 Å². The molecule has 1 aliphatic rings. The second kappa shape index (κ2) is 6.33. The fourth-order valence-electron chi connectivity index (χ4n) is 2.71. The van der Waals surface area contributed by atoms with E-state index in [4.69, 9.17) is 11.6 Å². The molecule has 0 bridgehead atoms. The van der Waals surface area contributed by atoms with Gasteiger partial charge in [0, 0.05) is 48.6 Å². The Labute approximate surface area is 129 Å². The Morgan fingerprint density at radius 1 is 1.05 bits per heavy atom. The van der Waals surface area contributed by atoms with Crippen LogP contribution in [0, 0.1) is 0 Å². The highest BCUT2D eigenvalue weighted by molar-refractivity contribution is 6.30. The molecule has 1 aliphatic heterocycles. The van der Waals surface area contributed by atoms with E-state index in [1.54, 1.807) is 0 Å². The van der Waals surface area contributed by atoms with Crippen molar-refractivity contribution in [3.8, 4) is 0 Å². The Bertz CT molecular complexity index is 598. The normalized spacial score (nSPS) is 15.3. The minimum atomic E-state index is 0.0103. The van der Waals surface area contributed by atoms with Gasteiger partial charge in [0.25, 0.3) is 0 Å². The van der Waals surface area contributed by atoms with Gasteiger partial charge in [0.1, 0.15) is 5.82 Å². The van der Waals surface area contributed by atoms with Gasteiger partial charge in [-0.3, -0.25) is 0 Å². The van der Waals surface area contributed by atoms with Crippen molar-refractivity contribution >= 4 is 23.1 Å². The Balaban J connectivity index is 1.71. The van der Waals surface area contributed by atoms with E-state index >= 15 is 0 Å². The number of aliphatic hydroxyl groups excluding tert-OH is 1. The molecule has 0 saturated carbocycles. The smallest absolute Gasteiger partial charge is 0.128 e. The third kappa shape index (κ3) is 3.12. The number of hydrogen-bond acceptors (Lipinski definition) is 4. The number of aromatic nitrogens is 1. The molecular weight excluding hydrogens is 286 g/mol. The van der Waals surface area contributed by atoms with Crippen LogP contribution in [0.3, 0.4) is 0 Å². The number of pyridine rings is 1. The van der Waals surface area contributed by atoms with E-state index in [-0.39, 0.29) is 6.61 Å². The summed E-state index contributed by atoms with van der Waals surface area (Å²) in [5, 5.41) is 10.2. The summed E-state index contributed by atoms with van der Waals surface area (Å²) in [6.45, 7) is 3.67. The van der Waals surface area contributed by atoms with Crippen molar-refractivity contribution < 1.29 is 5.11 Å². The quantitative estimate of drug-likeness (QED) is 0.946. The minimum Gasteiger partial charge on any atom is -0.392 e. The summed E-state index contributed by atoms with van der Waals surface area (Å²) in [5.74, 6) is 1.02. The largest absolute Gasteiger partial charge is 0.392 e. The van der Waals surface area contributed by atoms with E-state index in [0.717, 1.165) is 43.2 Å². The molecule has 0 aliphatic carbocycles. The molecule has 0 spiro atoms. The average molecular weight is 304 g/mol. The lowest BCUT2D eigenvalue weighted by Gasteiger charge is -2.37. The first kappa shape index (κ1) is 14.2. The van der Waals surface area contributed by atoms with E-state index < -0.39 is 0 Å². The standard InChI is InChI=1S/C16H18ClN3O/c17-14-4-5-15(13(11-14)12-21)19-7-9-20(10-8-19)16-3-1-2-6-18-16/h1-6,11,21H,7-10,12H2. The van der Waals surface area contributed by atoms with E-state index in [9.17, 15) is 5.11 Å². The lowest BCUT2D eigenvalue weighted by atomic mass is 10.1. The molecular formula is C16H18ClN3O. The van der Waals surface area contributed by atoms with E-state index in [0.29, 0.717) is 5.02 Å². The van der Waals surface area contributed by atoms with Gasteiger partial charge in [0.2, 0.25) is 0 Å². The molecule has 1 aromatic carbocycles. The van der Waals surface area contributed by atoms with Crippen molar-refractivity contribution in [2.45, 2.75) is 6.61 Å². The maximum atomic E-state index is 9.50. The number of benzene rings is 1. The molecule has 110 valence electrons. The van der Waals surface area contributed by atoms with Gasteiger partial charge in [0.15, 0.2) is 0 Å². The minimum absolute atomic E-state index is 0.0103. The Kier molecular flexibility index (Phi) is 4.27. The monoisotopic (exact) mass is 303 g/mol. The van der Waals surface area contributed by atoms with Gasteiger partial charge in [0.05, 0.1) is 6.61 Å². The molecule has 1 saturated heterocycles. The number of hydrogen-bond donors (Lipinski definition) is 1. The van der Waals surface area contributed by atoms with Crippen molar-refractivity contribution in [2.75, 3.05) is 36.0 Å². The Morgan fingerprint density at radius 2 is 1.81 bits per heavy atom. The Morgan fingerprint density at radius 3 is 2.48 bits per heavy atom. The fraction of sp³-hybridized carbons (Fsp3) is 0.312. The van der Waals surface area contributed by atoms with Gasteiger partial charge < -0.3 is 14.9 Å². The van der Waals surface area contributed by atoms with Crippen LogP contribution in [0.5, 0.6) is 0 Å². The maximum Gasteiger partial charge on any atom is 0.128 e. The molecule has 1 N–H and O–H groups in total. The lowest BCUT2D eigenvalue weighted by Crippen LogP contribution is -2.47. The summed E-state index contributed by atoms with van der Waals surface area (Å²) >= 11 is 5.99. The first-order valence-corrected chi connectivity index (χ1v) is 7.46. The molecule has 0 radical (unpaired) electrons. The summed E-state index contributed by atoms with van der Waals surface area (Å²) in [5.41, 5.74) is 1.95. The van der Waals surface area contributed by atoms with Gasteiger partial charge in [-0.1, -0.05) is 17.7 Å². The summed E-state index contributed by atoms with van der Waals surface area (Å²) in [4.78, 5) is 8.97. The van der Waals surface area contributed by atoms with E-state index in [2.05, 4.69) is 14.8 Å². The number of aliphatic hydroxyl groups is 1. The molecule has 1 fully saturated rings. The van der Waals surface area contributed by atoms with Crippen molar-refractivity contribution in [3.63, 3.8) is 0 Å². The predicted molar refractivity (Wildman–Crippen MR) is 86.0 cm³/mol. The number of halogens is 1. The molecule has 21 heavy (non-hydrogen) atoms. The first-order chi connectivity index (χ1) is 10.3. The summed E-state index contributed by atoms with van der Waals surface area (Å²) in [7, 11) is 0. The van der Waals surface area contributed by atoms with Gasteiger partial charge in [-0.25, -0.2) is 4.98 Å². The van der Waals surface area contributed by atoms with Crippen LogP contribution in [0.15, 0.2) is 42.6 Å². The second-order valence-corrected chi connectivity index (χ2v) is 5.53. The predicted octanol–water partition coefficient (Wildman–Crippen LogP) is 2.55. The molecule has 2 aromatic rings. The lowest BCUT2D eigenvalue weighted by molar-refractivity contribution is 0.282.